The maximum Gasteiger partial charge on any atom is 0.227 e. The minimum atomic E-state index is 0.620. The van der Waals surface area contributed by atoms with Gasteiger partial charge in [-0.15, -0.1) is 0 Å². The summed E-state index contributed by atoms with van der Waals surface area (Å²) in [4.78, 5) is 4.88. The molecular formula is C44H31N3O. The van der Waals surface area contributed by atoms with Gasteiger partial charge in [-0.1, -0.05) is 109 Å². The number of nitrogens with zero attached hydrogens (tertiary/aromatic N) is 2. The van der Waals surface area contributed by atoms with Gasteiger partial charge in [-0.25, -0.2) is 4.98 Å². The summed E-state index contributed by atoms with van der Waals surface area (Å²) in [5.74, 6) is 0.620. The largest absolute Gasteiger partial charge is 0.435 e. The van der Waals surface area contributed by atoms with Crippen LogP contribution in [0.4, 0.5) is 5.69 Å². The summed E-state index contributed by atoms with van der Waals surface area (Å²) in [6.45, 7) is 0. The smallest absolute Gasteiger partial charge is 0.227 e. The van der Waals surface area contributed by atoms with E-state index in [9.17, 15) is 0 Å². The third-order valence-corrected chi connectivity index (χ3v) is 9.21. The number of para-hydroxylation sites is 3. The van der Waals surface area contributed by atoms with Gasteiger partial charge in [0.15, 0.2) is 5.58 Å². The van der Waals surface area contributed by atoms with Gasteiger partial charge in [0.2, 0.25) is 5.89 Å². The summed E-state index contributed by atoms with van der Waals surface area (Å²) < 4.78 is 8.92. The van der Waals surface area contributed by atoms with Crippen LogP contribution in [-0.4, -0.2) is 16.6 Å². The molecule has 0 atom stereocenters. The maximum atomic E-state index is 6.52. The van der Waals surface area contributed by atoms with Crippen LogP contribution in [0.2, 0.25) is 0 Å². The van der Waals surface area contributed by atoms with Gasteiger partial charge < -0.3 is 14.3 Å². The highest BCUT2D eigenvalue weighted by atomic mass is 16.3. The summed E-state index contributed by atoms with van der Waals surface area (Å²) in [5, 5.41) is 5.81. The third-order valence-electron chi connectivity index (χ3n) is 9.21. The summed E-state index contributed by atoms with van der Waals surface area (Å²) in [6.07, 6.45) is 0. The van der Waals surface area contributed by atoms with Crippen LogP contribution in [-0.2, 0) is 0 Å². The normalized spacial score (nSPS) is 11.4. The van der Waals surface area contributed by atoms with Crippen molar-refractivity contribution in [2.45, 2.75) is 0 Å². The van der Waals surface area contributed by atoms with Crippen molar-refractivity contribution >= 4 is 38.6 Å². The Balaban J connectivity index is 1.32. The zero-order valence-electron chi connectivity index (χ0n) is 26.4. The number of hydrogen-bond donors (Lipinski definition) is 1. The molecule has 228 valence electrons. The summed E-state index contributed by atoms with van der Waals surface area (Å²) in [5.41, 5.74) is 13.7. The fourth-order valence-electron chi connectivity index (χ4n) is 6.94. The van der Waals surface area contributed by atoms with Crippen molar-refractivity contribution in [3.63, 3.8) is 0 Å². The van der Waals surface area contributed by atoms with Gasteiger partial charge in [-0.05, 0) is 76.9 Å². The molecule has 0 fully saturated rings. The Kier molecular flexibility index (Phi) is 6.65. The SMILES string of the molecule is CNc1ccccc1-c1ccc2c3ccccc3n(-c3cc(-c4ccccc4)cc(-c4cccc5nc(-c6ccccc6)oc45)c3)c2c1. The number of rotatable bonds is 6. The van der Waals surface area contributed by atoms with Gasteiger partial charge in [0, 0.05) is 45.9 Å². The number of oxazole rings is 1. The van der Waals surface area contributed by atoms with Gasteiger partial charge in [0.05, 0.1) is 11.0 Å². The summed E-state index contributed by atoms with van der Waals surface area (Å²) in [7, 11) is 1.98. The predicted octanol–water partition coefficient (Wildman–Crippen LogP) is 11.6. The van der Waals surface area contributed by atoms with E-state index in [-0.39, 0.29) is 0 Å². The highest BCUT2D eigenvalue weighted by Gasteiger charge is 2.18. The molecule has 4 nitrogen and oxygen atoms in total. The molecule has 7 aromatic carbocycles. The van der Waals surface area contributed by atoms with E-state index in [2.05, 4.69) is 137 Å². The quantitative estimate of drug-likeness (QED) is 0.202. The second-order valence-electron chi connectivity index (χ2n) is 12.1. The molecule has 0 bridgehead atoms. The summed E-state index contributed by atoms with van der Waals surface area (Å²) in [6, 6.07) is 57.7. The van der Waals surface area contributed by atoms with E-state index in [0.29, 0.717) is 5.89 Å². The van der Waals surface area contributed by atoms with Crippen LogP contribution in [0.3, 0.4) is 0 Å². The van der Waals surface area contributed by atoms with Gasteiger partial charge >= 0.3 is 0 Å². The number of benzene rings is 7. The second-order valence-corrected chi connectivity index (χ2v) is 12.1. The van der Waals surface area contributed by atoms with Crippen LogP contribution >= 0.6 is 0 Å². The Morgan fingerprint density at radius 1 is 0.500 bits per heavy atom. The fourth-order valence-corrected chi connectivity index (χ4v) is 6.94. The van der Waals surface area contributed by atoms with Crippen LogP contribution in [0.5, 0.6) is 0 Å². The molecule has 0 saturated heterocycles. The molecule has 0 aliphatic heterocycles. The molecule has 0 radical (unpaired) electrons. The van der Waals surface area contributed by atoms with Gasteiger partial charge in [0.1, 0.15) is 5.52 Å². The fraction of sp³-hybridized carbons (Fsp3) is 0.0227. The van der Waals surface area contributed by atoms with E-state index in [4.69, 9.17) is 9.40 Å². The van der Waals surface area contributed by atoms with Crippen molar-refractivity contribution < 1.29 is 4.42 Å². The molecule has 0 unspecified atom stereocenters. The maximum absolute atomic E-state index is 6.52. The van der Waals surface area contributed by atoms with Crippen LogP contribution in [0.15, 0.2) is 168 Å². The lowest BCUT2D eigenvalue weighted by Crippen LogP contribution is -1.97. The Hall–Kier alpha value is -6.39. The standard InChI is InChI=1S/C44H31N3O/c1-45-39-20-10-8-17-35(39)31-23-24-38-37-18-9-11-22-41(37)47(42(38)28-31)34-26-32(29-13-4-2-5-14-29)25-33(27-34)36-19-12-21-40-43(36)48-44(46-40)30-15-6-3-7-16-30/h2-28,45H,1H3. The number of aromatic nitrogens is 2. The zero-order chi connectivity index (χ0) is 32.0. The van der Waals surface area contributed by atoms with Crippen molar-refractivity contribution in [2.75, 3.05) is 12.4 Å². The first-order chi connectivity index (χ1) is 23.7. The molecule has 2 aromatic heterocycles. The van der Waals surface area contributed by atoms with Crippen molar-refractivity contribution in [3.8, 4) is 50.5 Å². The predicted molar refractivity (Wildman–Crippen MR) is 200 cm³/mol. The highest BCUT2D eigenvalue weighted by molar-refractivity contribution is 6.10. The number of fused-ring (bicyclic) bond motifs is 4. The van der Waals surface area contributed by atoms with Crippen molar-refractivity contribution in [1.82, 2.24) is 9.55 Å². The Bertz CT molecular complexity index is 2600. The lowest BCUT2D eigenvalue weighted by molar-refractivity contribution is 0.621. The zero-order valence-corrected chi connectivity index (χ0v) is 26.4. The first-order valence-electron chi connectivity index (χ1n) is 16.2. The number of nitrogens with one attached hydrogen (secondary N) is 1. The Morgan fingerprint density at radius 3 is 2.02 bits per heavy atom. The monoisotopic (exact) mass is 617 g/mol. The topological polar surface area (TPSA) is 43.0 Å². The average Bonchev–Trinajstić information content (AvgIpc) is 3.75. The van der Waals surface area contributed by atoms with Gasteiger partial charge in [-0.3, -0.25) is 0 Å². The van der Waals surface area contributed by atoms with E-state index < -0.39 is 0 Å². The minimum absolute atomic E-state index is 0.620. The molecule has 4 heteroatoms. The van der Waals surface area contributed by atoms with E-state index in [0.717, 1.165) is 66.9 Å². The molecule has 0 amide bonds. The number of anilines is 1. The molecule has 9 aromatic rings. The lowest BCUT2D eigenvalue weighted by Gasteiger charge is -2.15. The van der Waals surface area contributed by atoms with Crippen LogP contribution in [0, 0.1) is 0 Å². The van der Waals surface area contributed by atoms with Gasteiger partial charge in [0.25, 0.3) is 0 Å². The second kappa shape index (κ2) is 11.4. The average molecular weight is 618 g/mol. The van der Waals surface area contributed by atoms with Crippen molar-refractivity contribution in [1.29, 1.82) is 0 Å². The number of hydrogen-bond acceptors (Lipinski definition) is 3. The van der Waals surface area contributed by atoms with Crippen LogP contribution < -0.4 is 5.32 Å². The van der Waals surface area contributed by atoms with Crippen LogP contribution in [0.1, 0.15) is 0 Å². The molecule has 0 saturated carbocycles. The van der Waals surface area contributed by atoms with E-state index in [1.165, 1.54) is 16.3 Å². The molecule has 0 aliphatic carbocycles. The van der Waals surface area contributed by atoms with Gasteiger partial charge in [-0.2, -0.15) is 0 Å². The third kappa shape index (κ3) is 4.66. The molecule has 48 heavy (non-hydrogen) atoms. The Morgan fingerprint density at radius 2 is 1.19 bits per heavy atom. The molecule has 2 heterocycles. The molecule has 1 N–H and O–H groups in total. The first-order valence-corrected chi connectivity index (χ1v) is 16.2. The minimum Gasteiger partial charge on any atom is -0.435 e. The van der Waals surface area contributed by atoms with E-state index in [1.807, 2.05) is 43.4 Å². The lowest BCUT2D eigenvalue weighted by atomic mass is 9.97. The van der Waals surface area contributed by atoms with E-state index in [1.54, 1.807) is 0 Å². The Labute approximate surface area is 278 Å². The first kappa shape index (κ1) is 27.9. The van der Waals surface area contributed by atoms with Crippen molar-refractivity contribution in [3.05, 3.63) is 164 Å². The highest BCUT2D eigenvalue weighted by Crippen LogP contribution is 2.40. The molecule has 9 rings (SSSR count). The van der Waals surface area contributed by atoms with Crippen LogP contribution in [0.25, 0.3) is 83.4 Å². The van der Waals surface area contributed by atoms with Crippen molar-refractivity contribution in [2.24, 2.45) is 0 Å². The molecule has 0 aliphatic rings. The van der Waals surface area contributed by atoms with E-state index >= 15 is 0 Å². The summed E-state index contributed by atoms with van der Waals surface area (Å²) >= 11 is 0. The molecular weight excluding hydrogens is 587 g/mol. The molecule has 0 spiro atoms.